The minimum atomic E-state index is -0.0915. The minimum absolute atomic E-state index is 0.0915. The normalized spacial score (nSPS) is 18.0. The smallest absolute Gasteiger partial charge is 0.266 e. The molecule has 1 saturated heterocycles. The predicted octanol–water partition coefficient (Wildman–Crippen LogP) is 1.39. The molecule has 3 aromatic rings. The van der Waals surface area contributed by atoms with E-state index < -0.39 is 0 Å². The van der Waals surface area contributed by atoms with E-state index in [2.05, 4.69) is 20.1 Å². The molecule has 25 heavy (non-hydrogen) atoms. The minimum Gasteiger partial charge on any atom is -0.360 e. The van der Waals surface area contributed by atoms with Crippen LogP contribution in [0.1, 0.15) is 24.3 Å². The monoisotopic (exact) mass is 340 g/mol. The van der Waals surface area contributed by atoms with Gasteiger partial charge in [0.25, 0.3) is 5.56 Å². The maximum atomic E-state index is 12.2. The lowest BCUT2D eigenvalue weighted by Crippen LogP contribution is -2.36. The van der Waals surface area contributed by atoms with Crippen molar-refractivity contribution in [2.45, 2.75) is 38.9 Å². The van der Waals surface area contributed by atoms with Gasteiger partial charge in [-0.3, -0.25) is 14.3 Å². The zero-order chi connectivity index (χ0) is 17.2. The van der Waals surface area contributed by atoms with E-state index in [1.807, 2.05) is 19.2 Å². The van der Waals surface area contributed by atoms with Crippen LogP contribution in [0.25, 0.3) is 5.82 Å². The SMILES string of the molecule is Cc1cc(CN2CCCC2Cn2nc(-n3ccnc3)ccc2=O)on1. The molecular formula is C17H20N6O2. The number of likely N-dealkylation sites (tertiary alicyclic amines) is 1. The first kappa shape index (κ1) is 15.8. The van der Waals surface area contributed by atoms with Crippen molar-refractivity contribution < 1.29 is 4.52 Å². The molecule has 0 spiro atoms. The average molecular weight is 340 g/mol. The van der Waals surface area contributed by atoms with Crippen molar-refractivity contribution in [2.24, 2.45) is 0 Å². The van der Waals surface area contributed by atoms with Gasteiger partial charge in [-0.15, -0.1) is 0 Å². The van der Waals surface area contributed by atoms with Crippen molar-refractivity contribution in [2.75, 3.05) is 6.54 Å². The van der Waals surface area contributed by atoms with E-state index in [0.29, 0.717) is 18.9 Å². The standard InChI is InChI=1S/C17H20N6O2/c1-13-9-15(25-20-13)11-21-7-2-3-14(21)10-23-17(24)5-4-16(19-23)22-8-6-18-12-22/h4-6,8-9,12,14H,2-3,7,10-11H2,1H3. The Kier molecular flexibility index (Phi) is 4.19. The molecule has 8 nitrogen and oxygen atoms in total. The van der Waals surface area contributed by atoms with Gasteiger partial charge < -0.3 is 4.52 Å². The van der Waals surface area contributed by atoms with E-state index in [1.165, 1.54) is 0 Å². The molecule has 1 aliphatic rings. The van der Waals surface area contributed by atoms with E-state index in [4.69, 9.17) is 4.52 Å². The number of imidazole rings is 1. The molecule has 0 N–H and O–H groups in total. The van der Waals surface area contributed by atoms with Gasteiger partial charge in [-0.25, -0.2) is 9.67 Å². The molecule has 0 radical (unpaired) electrons. The second-order valence-corrected chi connectivity index (χ2v) is 6.38. The summed E-state index contributed by atoms with van der Waals surface area (Å²) in [6.07, 6.45) is 7.32. The molecule has 0 aromatic carbocycles. The molecule has 8 heteroatoms. The fourth-order valence-electron chi connectivity index (χ4n) is 3.30. The van der Waals surface area contributed by atoms with E-state index >= 15 is 0 Å². The predicted molar refractivity (Wildman–Crippen MR) is 90.3 cm³/mol. The fourth-order valence-corrected chi connectivity index (χ4v) is 3.30. The van der Waals surface area contributed by atoms with Crippen molar-refractivity contribution in [1.29, 1.82) is 0 Å². The topological polar surface area (TPSA) is 82.0 Å². The number of aromatic nitrogens is 5. The van der Waals surface area contributed by atoms with Crippen molar-refractivity contribution in [1.82, 2.24) is 29.4 Å². The van der Waals surface area contributed by atoms with Crippen LogP contribution in [0.2, 0.25) is 0 Å². The van der Waals surface area contributed by atoms with Crippen LogP contribution in [-0.4, -0.2) is 42.0 Å². The highest BCUT2D eigenvalue weighted by Gasteiger charge is 2.26. The molecule has 4 rings (SSSR count). The third-order valence-electron chi connectivity index (χ3n) is 4.54. The van der Waals surface area contributed by atoms with Crippen molar-refractivity contribution in [3.63, 3.8) is 0 Å². The van der Waals surface area contributed by atoms with Crippen molar-refractivity contribution >= 4 is 0 Å². The van der Waals surface area contributed by atoms with Gasteiger partial charge >= 0.3 is 0 Å². The molecule has 0 bridgehead atoms. The second-order valence-electron chi connectivity index (χ2n) is 6.38. The van der Waals surface area contributed by atoms with Crippen LogP contribution in [0.5, 0.6) is 0 Å². The van der Waals surface area contributed by atoms with Crippen LogP contribution in [0.3, 0.4) is 0 Å². The van der Waals surface area contributed by atoms with Gasteiger partial charge in [0.05, 0.1) is 18.8 Å². The molecule has 3 aromatic heterocycles. The Morgan fingerprint density at radius 3 is 3.04 bits per heavy atom. The quantitative estimate of drug-likeness (QED) is 0.698. The van der Waals surface area contributed by atoms with Crippen LogP contribution in [0, 0.1) is 6.92 Å². The van der Waals surface area contributed by atoms with Gasteiger partial charge in [0.15, 0.2) is 11.6 Å². The molecule has 0 aliphatic carbocycles. The van der Waals surface area contributed by atoms with Gasteiger partial charge in [0.2, 0.25) is 0 Å². The van der Waals surface area contributed by atoms with Gasteiger partial charge in [-0.05, 0) is 32.4 Å². The Labute approximate surface area is 144 Å². The number of hydrogen-bond acceptors (Lipinski definition) is 6. The summed E-state index contributed by atoms with van der Waals surface area (Å²) in [6.45, 7) is 4.18. The van der Waals surface area contributed by atoms with E-state index in [-0.39, 0.29) is 11.6 Å². The zero-order valence-corrected chi connectivity index (χ0v) is 14.1. The van der Waals surface area contributed by atoms with E-state index in [9.17, 15) is 4.79 Å². The number of rotatable bonds is 5. The van der Waals surface area contributed by atoms with Gasteiger partial charge in [0.1, 0.15) is 6.33 Å². The maximum absolute atomic E-state index is 12.2. The van der Waals surface area contributed by atoms with Gasteiger partial charge in [-0.2, -0.15) is 5.10 Å². The Morgan fingerprint density at radius 2 is 2.28 bits per heavy atom. The molecule has 130 valence electrons. The lowest BCUT2D eigenvalue weighted by molar-refractivity contribution is 0.193. The van der Waals surface area contributed by atoms with E-state index in [0.717, 1.165) is 30.8 Å². The van der Waals surface area contributed by atoms with Crippen molar-refractivity contribution in [3.05, 3.63) is 58.7 Å². The Balaban J connectivity index is 1.52. The maximum Gasteiger partial charge on any atom is 0.266 e. The summed E-state index contributed by atoms with van der Waals surface area (Å²) in [6, 6.07) is 5.49. The fraction of sp³-hybridized carbons (Fsp3) is 0.412. The average Bonchev–Trinajstić information content (AvgIpc) is 3.33. The largest absolute Gasteiger partial charge is 0.360 e. The Bertz CT molecular complexity index is 898. The molecule has 1 atom stereocenters. The first-order valence-electron chi connectivity index (χ1n) is 8.42. The summed E-state index contributed by atoms with van der Waals surface area (Å²) in [4.78, 5) is 18.6. The van der Waals surface area contributed by atoms with Crippen LogP contribution in [-0.2, 0) is 13.1 Å². The van der Waals surface area contributed by atoms with Gasteiger partial charge in [-0.1, -0.05) is 5.16 Å². The highest BCUT2D eigenvalue weighted by molar-refractivity contribution is 5.19. The van der Waals surface area contributed by atoms with Gasteiger partial charge in [0, 0.05) is 30.6 Å². The molecule has 0 saturated carbocycles. The summed E-state index contributed by atoms with van der Waals surface area (Å²) in [5, 5.41) is 8.43. The number of hydrogen-bond donors (Lipinski definition) is 0. The van der Waals surface area contributed by atoms with E-state index in [1.54, 1.807) is 33.9 Å². The summed E-state index contributed by atoms with van der Waals surface area (Å²) >= 11 is 0. The molecular weight excluding hydrogens is 320 g/mol. The summed E-state index contributed by atoms with van der Waals surface area (Å²) < 4.78 is 8.67. The summed E-state index contributed by atoms with van der Waals surface area (Å²) in [7, 11) is 0. The number of aryl methyl sites for hydroxylation is 1. The highest BCUT2D eigenvalue weighted by atomic mass is 16.5. The molecule has 1 fully saturated rings. The summed E-state index contributed by atoms with van der Waals surface area (Å²) in [5.41, 5.74) is 0.794. The molecule has 4 heterocycles. The van der Waals surface area contributed by atoms with Crippen molar-refractivity contribution in [3.8, 4) is 5.82 Å². The van der Waals surface area contributed by atoms with Crippen LogP contribution >= 0.6 is 0 Å². The third-order valence-corrected chi connectivity index (χ3v) is 4.54. The van der Waals surface area contributed by atoms with Crippen LogP contribution in [0.4, 0.5) is 0 Å². The Morgan fingerprint density at radius 1 is 1.36 bits per heavy atom. The molecule has 0 amide bonds. The first-order chi connectivity index (χ1) is 12.2. The van der Waals surface area contributed by atoms with Crippen LogP contribution < -0.4 is 5.56 Å². The summed E-state index contributed by atoms with van der Waals surface area (Å²) in [5.74, 6) is 1.55. The van der Waals surface area contributed by atoms with Crippen LogP contribution in [0.15, 0.2) is 46.2 Å². The lowest BCUT2D eigenvalue weighted by atomic mass is 10.2. The number of nitrogens with zero attached hydrogens (tertiary/aromatic N) is 6. The third kappa shape index (κ3) is 3.39. The Hall–Kier alpha value is -2.74. The zero-order valence-electron chi connectivity index (χ0n) is 14.1. The second kappa shape index (κ2) is 6.64. The first-order valence-corrected chi connectivity index (χ1v) is 8.42. The lowest BCUT2D eigenvalue weighted by Gasteiger charge is -2.23. The molecule has 1 unspecified atom stereocenters. The highest BCUT2D eigenvalue weighted by Crippen LogP contribution is 2.21. The molecule has 1 aliphatic heterocycles.